The van der Waals surface area contributed by atoms with E-state index >= 15 is 0 Å². The molecular formula is C19H26Cl2N4O3. The van der Waals surface area contributed by atoms with Gasteiger partial charge in [-0.2, -0.15) is 4.98 Å². The van der Waals surface area contributed by atoms with Crippen LogP contribution in [0.15, 0.2) is 28.8 Å². The summed E-state index contributed by atoms with van der Waals surface area (Å²) in [6.07, 6.45) is 2.71. The molecule has 0 bridgehead atoms. The third kappa shape index (κ3) is 6.17. The van der Waals surface area contributed by atoms with Gasteiger partial charge in [-0.3, -0.25) is 4.79 Å². The zero-order chi connectivity index (χ0) is 19.1. The Morgan fingerprint density at radius 3 is 2.71 bits per heavy atom. The second-order valence-electron chi connectivity index (χ2n) is 6.98. The Balaban J connectivity index is 0.00000280. The number of nitrogens with one attached hydrogen (secondary N) is 2. The monoisotopic (exact) mass is 428 g/mol. The number of carbonyl (C=O) groups excluding carboxylic acids is 1. The van der Waals surface area contributed by atoms with Crippen molar-refractivity contribution in [1.82, 2.24) is 20.8 Å². The van der Waals surface area contributed by atoms with Gasteiger partial charge >= 0.3 is 0 Å². The van der Waals surface area contributed by atoms with Crippen LogP contribution in [0, 0.1) is 5.41 Å². The second-order valence-corrected chi connectivity index (χ2v) is 7.41. The number of carbonyl (C=O) groups is 1. The van der Waals surface area contributed by atoms with Crippen LogP contribution >= 0.6 is 24.0 Å². The first-order valence-corrected chi connectivity index (χ1v) is 9.53. The Kier molecular flexibility index (Phi) is 8.69. The maximum atomic E-state index is 12.2. The topological polar surface area (TPSA) is 89.3 Å². The van der Waals surface area contributed by atoms with Crippen molar-refractivity contribution in [3.8, 4) is 11.4 Å². The molecule has 0 spiro atoms. The molecule has 0 atom stereocenters. The van der Waals surface area contributed by atoms with Gasteiger partial charge in [0, 0.05) is 42.5 Å². The Bertz CT molecular complexity index is 740. The van der Waals surface area contributed by atoms with Crippen molar-refractivity contribution in [2.24, 2.45) is 5.41 Å². The Morgan fingerprint density at radius 2 is 2.04 bits per heavy atom. The van der Waals surface area contributed by atoms with E-state index in [0.29, 0.717) is 42.7 Å². The number of hydrogen-bond donors (Lipinski definition) is 2. The van der Waals surface area contributed by atoms with E-state index in [0.717, 1.165) is 31.5 Å². The van der Waals surface area contributed by atoms with E-state index in [9.17, 15) is 4.79 Å². The molecule has 1 aromatic carbocycles. The van der Waals surface area contributed by atoms with Crippen molar-refractivity contribution in [2.45, 2.75) is 25.7 Å². The van der Waals surface area contributed by atoms with Crippen molar-refractivity contribution in [3.05, 3.63) is 35.2 Å². The van der Waals surface area contributed by atoms with E-state index in [4.69, 9.17) is 20.9 Å². The molecule has 0 unspecified atom stereocenters. The summed E-state index contributed by atoms with van der Waals surface area (Å²) in [5, 5.41) is 11.0. The molecule has 1 aliphatic heterocycles. The van der Waals surface area contributed by atoms with Gasteiger partial charge in [-0.05, 0) is 50.2 Å². The molecule has 2 aromatic rings. The quantitative estimate of drug-likeness (QED) is 0.671. The molecule has 1 amide bonds. The molecule has 0 saturated carbocycles. The lowest BCUT2D eigenvalue weighted by molar-refractivity contribution is -0.122. The number of hydrogen-bond acceptors (Lipinski definition) is 6. The van der Waals surface area contributed by atoms with Gasteiger partial charge in [0.15, 0.2) is 0 Å². The largest absolute Gasteiger partial charge is 0.384 e. The number of halogens is 2. The molecule has 9 heteroatoms. The van der Waals surface area contributed by atoms with Crippen molar-refractivity contribution >= 4 is 29.9 Å². The van der Waals surface area contributed by atoms with E-state index in [2.05, 4.69) is 20.8 Å². The molecule has 7 nitrogen and oxygen atoms in total. The first-order chi connectivity index (χ1) is 13.1. The summed E-state index contributed by atoms with van der Waals surface area (Å²) in [5.74, 6) is 0.926. The van der Waals surface area contributed by atoms with E-state index in [1.54, 1.807) is 19.2 Å². The van der Waals surface area contributed by atoms with Crippen LogP contribution in [0.4, 0.5) is 0 Å². The lowest BCUT2D eigenvalue weighted by atomic mass is 9.79. The van der Waals surface area contributed by atoms with Crippen molar-refractivity contribution in [1.29, 1.82) is 0 Å². The Morgan fingerprint density at radius 1 is 1.32 bits per heavy atom. The first-order valence-electron chi connectivity index (χ1n) is 9.15. The lowest BCUT2D eigenvalue weighted by Gasteiger charge is -2.37. The van der Waals surface area contributed by atoms with Crippen LogP contribution in [-0.4, -0.2) is 49.4 Å². The van der Waals surface area contributed by atoms with Gasteiger partial charge < -0.3 is 19.9 Å². The molecule has 3 rings (SSSR count). The normalized spacial score (nSPS) is 15.6. The number of rotatable bonds is 8. The minimum atomic E-state index is -0.0183. The van der Waals surface area contributed by atoms with Gasteiger partial charge in [-0.1, -0.05) is 16.8 Å². The van der Waals surface area contributed by atoms with Crippen LogP contribution in [-0.2, 0) is 16.0 Å². The van der Waals surface area contributed by atoms with Crippen molar-refractivity contribution in [3.63, 3.8) is 0 Å². The summed E-state index contributed by atoms with van der Waals surface area (Å²) in [4.78, 5) is 16.6. The van der Waals surface area contributed by atoms with Gasteiger partial charge in [-0.15, -0.1) is 12.4 Å². The highest BCUT2D eigenvalue weighted by Crippen LogP contribution is 2.28. The summed E-state index contributed by atoms with van der Waals surface area (Å²) < 4.78 is 10.6. The third-order valence-corrected chi connectivity index (χ3v) is 5.16. The molecule has 1 aliphatic rings. The summed E-state index contributed by atoms with van der Waals surface area (Å²) in [7, 11) is 1.71. The van der Waals surface area contributed by atoms with E-state index < -0.39 is 0 Å². The third-order valence-electron chi connectivity index (χ3n) is 4.91. The van der Waals surface area contributed by atoms with E-state index in [1.165, 1.54) is 0 Å². The summed E-state index contributed by atoms with van der Waals surface area (Å²) in [5.41, 5.74) is 0.841. The van der Waals surface area contributed by atoms with Gasteiger partial charge in [-0.25, -0.2) is 0 Å². The maximum absolute atomic E-state index is 12.2. The standard InChI is InChI=1S/C19H25ClN4O3.ClH/c1-26-13-19(8-10-21-11-9-19)12-22-16(25)6-7-17-23-18(24-27-17)14-2-4-15(20)5-3-14;/h2-5,21H,6-13H2,1H3,(H,22,25);1H. The number of piperidine rings is 1. The fourth-order valence-corrected chi connectivity index (χ4v) is 3.43. The molecular weight excluding hydrogens is 403 g/mol. The zero-order valence-electron chi connectivity index (χ0n) is 15.9. The number of ether oxygens (including phenoxy) is 1. The van der Waals surface area contributed by atoms with Gasteiger partial charge in [0.25, 0.3) is 0 Å². The molecule has 0 aliphatic carbocycles. The average Bonchev–Trinajstić information content (AvgIpc) is 3.15. The lowest BCUT2D eigenvalue weighted by Crippen LogP contribution is -2.47. The summed E-state index contributed by atoms with van der Waals surface area (Å²) in [6, 6.07) is 7.21. The average molecular weight is 429 g/mol. The highest BCUT2D eigenvalue weighted by molar-refractivity contribution is 6.30. The molecule has 154 valence electrons. The number of methoxy groups -OCH3 is 1. The molecule has 2 heterocycles. The van der Waals surface area contributed by atoms with Crippen LogP contribution in [0.5, 0.6) is 0 Å². The zero-order valence-corrected chi connectivity index (χ0v) is 17.4. The molecule has 0 radical (unpaired) electrons. The minimum Gasteiger partial charge on any atom is -0.384 e. The Hall–Kier alpha value is -1.67. The van der Waals surface area contributed by atoms with Gasteiger partial charge in [0.2, 0.25) is 17.6 Å². The van der Waals surface area contributed by atoms with Crippen LogP contribution in [0.25, 0.3) is 11.4 Å². The second kappa shape index (κ2) is 10.8. The molecule has 28 heavy (non-hydrogen) atoms. The van der Waals surface area contributed by atoms with Crippen molar-refractivity contribution in [2.75, 3.05) is 33.4 Å². The molecule has 1 saturated heterocycles. The highest BCUT2D eigenvalue weighted by Gasteiger charge is 2.32. The number of benzene rings is 1. The van der Waals surface area contributed by atoms with Crippen LogP contribution < -0.4 is 10.6 Å². The number of aromatic nitrogens is 2. The smallest absolute Gasteiger partial charge is 0.227 e. The van der Waals surface area contributed by atoms with Crippen molar-refractivity contribution < 1.29 is 14.1 Å². The van der Waals surface area contributed by atoms with Crippen LogP contribution in [0.2, 0.25) is 5.02 Å². The fraction of sp³-hybridized carbons (Fsp3) is 0.526. The maximum Gasteiger partial charge on any atom is 0.227 e. The Labute approximate surface area is 176 Å². The van der Waals surface area contributed by atoms with Gasteiger partial charge in [0.1, 0.15) is 0 Å². The van der Waals surface area contributed by atoms with Crippen LogP contribution in [0.3, 0.4) is 0 Å². The molecule has 1 fully saturated rings. The van der Waals surface area contributed by atoms with E-state index in [1.807, 2.05) is 12.1 Å². The minimum absolute atomic E-state index is 0. The fourth-order valence-electron chi connectivity index (χ4n) is 3.30. The van der Waals surface area contributed by atoms with E-state index in [-0.39, 0.29) is 23.7 Å². The highest BCUT2D eigenvalue weighted by atomic mass is 35.5. The molecule has 1 aromatic heterocycles. The summed E-state index contributed by atoms with van der Waals surface area (Å²) >= 11 is 5.88. The number of amides is 1. The summed E-state index contributed by atoms with van der Waals surface area (Å²) in [6.45, 7) is 3.19. The number of aryl methyl sites for hydroxylation is 1. The number of nitrogens with zero attached hydrogens (tertiary/aromatic N) is 2. The first kappa shape index (κ1) is 22.6. The van der Waals surface area contributed by atoms with Gasteiger partial charge in [0.05, 0.1) is 6.61 Å². The predicted molar refractivity (Wildman–Crippen MR) is 110 cm³/mol. The predicted octanol–water partition coefficient (Wildman–Crippen LogP) is 2.88. The SMILES string of the molecule is COCC1(CNC(=O)CCc2nc(-c3ccc(Cl)cc3)no2)CCNCC1.Cl. The van der Waals surface area contributed by atoms with Crippen LogP contribution in [0.1, 0.15) is 25.2 Å². The molecule has 2 N–H and O–H groups in total.